The van der Waals surface area contributed by atoms with Gasteiger partial charge in [0, 0.05) is 5.02 Å². The van der Waals surface area contributed by atoms with Crippen molar-refractivity contribution in [2.24, 2.45) is 0 Å². The van der Waals surface area contributed by atoms with E-state index >= 15 is 0 Å². The Morgan fingerprint density at radius 3 is 2.24 bits per heavy atom. The summed E-state index contributed by atoms with van der Waals surface area (Å²) >= 11 is 5.84. The fourth-order valence-corrected chi connectivity index (χ4v) is 3.62. The molecule has 2 amide bonds. The van der Waals surface area contributed by atoms with Crippen LogP contribution in [0.15, 0.2) is 47.4 Å². The molecule has 156 valence electrons. The fraction of sp³-hybridized carbons (Fsp3) is 0.222. The average molecular weight is 442 g/mol. The van der Waals surface area contributed by atoms with Gasteiger partial charge in [-0.1, -0.05) is 11.6 Å². The lowest BCUT2D eigenvalue weighted by Gasteiger charge is -2.15. The van der Waals surface area contributed by atoms with E-state index in [-0.39, 0.29) is 16.2 Å². The first-order valence-electron chi connectivity index (χ1n) is 8.28. The number of hydrogen-bond donors (Lipinski definition) is 3. The van der Waals surface area contributed by atoms with Gasteiger partial charge in [0.05, 0.1) is 30.7 Å². The summed E-state index contributed by atoms with van der Waals surface area (Å²) in [6.07, 6.45) is 0. The number of hydrazine groups is 1. The molecule has 0 unspecified atom stereocenters. The number of benzene rings is 2. The van der Waals surface area contributed by atoms with Gasteiger partial charge in [-0.2, -0.15) is 4.72 Å². The minimum Gasteiger partial charge on any atom is -0.497 e. The van der Waals surface area contributed by atoms with E-state index in [0.717, 1.165) is 0 Å². The van der Waals surface area contributed by atoms with E-state index in [0.29, 0.717) is 10.8 Å². The molecule has 1 atom stereocenters. The smallest absolute Gasteiger partial charge is 0.273 e. The van der Waals surface area contributed by atoms with Crippen LogP contribution >= 0.6 is 11.6 Å². The first-order valence-corrected chi connectivity index (χ1v) is 10.1. The number of carbonyl (C=O) groups is 2. The van der Waals surface area contributed by atoms with Crippen molar-refractivity contribution in [1.29, 1.82) is 0 Å². The second-order valence-electron chi connectivity index (χ2n) is 5.81. The molecule has 0 fully saturated rings. The molecule has 0 bridgehead atoms. The quantitative estimate of drug-likeness (QED) is 0.559. The van der Waals surface area contributed by atoms with Crippen LogP contribution in [0.3, 0.4) is 0 Å². The molecule has 11 heteroatoms. The Morgan fingerprint density at radius 1 is 1.00 bits per heavy atom. The van der Waals surface area contributed by atoms with Crippen LogP contribution in [0.1, 0.15) is 17.3 Å². The summed E-state index contributed by atoms with van der Waals surface area (Å²) in [6.45, 7) is 1.34. The number of methoxy groups -OCH3 is 2. The lowest BCUT2D eigenvalue weighted by atomic mass is 10.2. The number of sulfonamides is 1. The third-order valence-corrected chi connectivity index (χ3v) is 5.59. The van der Waals surface area contributed by atoms with Crippen molar-refractivity contribution >= 4 is 33.4 Å². The van der Waals surface area contributed by atoms with Gasteiger partial charge in [0.25, 0.3) is 11.8 Å². The van der Waals surface area contributed by atoms with Crippen LogP contribution < -0.4 is 25.0 Å². The molecule has 29 heavy (non-hydrogen) atoms. The van der Waals surface area contributed by atoms with Crippen molar-refractivity contribution in [2.45, 2.75) is 17.9 Å². The van der Waals surface area contributed by atoms with Crippen molar-refractivity contribution in [3.63, 3.8) is 0 Å². The van der Waals surface area contributed by atoms with Crippen LogP contribution in [0, 0.1) is 0 Å². The first-order chi connectivity index (χ1) is 13.7. The van der Waals surface area contributed by atoms with Crippen molar-refractivity contribution in [2.75, 3.05) is 14.2 Å². The molecule has 0 aliphatic carbocycles. The highest BCUT2D eigenvalue weighted by molar-refractivity contribution is 7.89. The Labute approximate surface area is 173 Å². The van der Waals surface area contributed by atoms with Crippen LogP contribution in [0.5, 0.6) is 11.5 Å². The lowest BCUT2D eigenvalue weighted by Crippen LogP contribution is -2.51. The van der Waals surface area contributed by atoms with Gasteiger partial charge in [0.1, 0.15) is 11.5 Å². The fourth-order valence-electron chi connectivity index (χ4n) is 2.26. The predicted octanol–water partition coefficient (Wildman–Crippen LogP) is 1.49. The molecule has 0 aliphatic rings. The van der Waals surface area contributed by atoms with E-state index in [2.05, 4.69) is 15.6 Å². The Kier molecular flexibility index (Phi) is 7.43. The van der Waals surface area contributed by atoms with Crippen LogP contribution in [0.4, 0.5) is 0 Å². The molecule has 0 aliphatic heterocycles. The lowest BCUT2D eigenvalue weighted by molar-refractivity contribution is -0.123. The van der Waals surface area contributed by atoms with Gasteiger partial charge in [-0.25, -0.2) is 8.42 Å². The van der Waals surface area contributed by atoms with Gasteiger partial charge >= 0.3 is 0 Å². The number of rotatable bonds is 7. The zero-order valence-corrected chi connectivity index (χ0v) is 17.4. The molecule has 0 spiro atoms. The van der Waals surface area contributed by atoms with E-state index in [1.165, 1.54) is 63.6 Å². The van der Waals surface area contributed by atoms with Crippen LogP contribution in [-0.2, 0) is 14.8 Å². The van der Waals surface area contributed by atoms with Gasteiger partial charge in [0.2, 0.25) is 10.0 Å². The first kappa shape index (κ1) is 22.5. The maximum absolute atomic E-state index is 12.4. The number of ether oxygens (including phenoxy) is 2. The highest BCUT2D eigenvalue weighted by atomic mass is 35.5. The summed E-state index contributed by atoms with van der Waals surface area (Å²) in [6, 6.07) is 8.88. The zero-order chi connectivity index (χ0) is 21.6. The highest BCUT2D eigenvalue weighted by Gasteiger charge is 2.23. The van der Waals surface area contributed by atoms with Crippen molar-refractivity contribution in [1.82, 2.24) is 15.6 Å². The highest BCUT2D eigenvalue weighted by Crippen LogP contribution is 2.22. The predicted molar refractivity (Wildman–Crippen MR) is 106 cm³/mol. The molecule has 3 N–H and O–H groups in total. The molecule has 2 rings (SSSR count). The summed E-state index contributed by atoms with van der Waals surface area (Å²) in [7, 11) is -1.12. The summed E-state index contributed by atoms with van der Waals surface area (Å²) < 4.78 is 37.0. The molecule has 2 aromatic rings. The number of amides is 2. The summed E-state index contributed by atoms with van der Waals surface area (Å²) in [5.74, 6) is -0.701. The van der Waals surface area contributed by atoms with E-state index in [9.17, 15) is 18.0 Å². The van der Waals surface area contributed by atoms with Crippen LogP contribution in [0.25, 0.3) is 0 Å². The minimum atomic E-state index is -3.95. The third-order valence-electron chi connectivity index (χ3n) is 3.80. The molecule has 9 nitrogen and oxygen atoms in total. The number of halogens is 1. The van der Waals surface area contributed by atoms with Gasteiger partial charge < -0.3 is 9.47 Å². The van der Waals surface area contributed by atoms with Gasteiger partial charge in [-0.3, -0.25) is 20.4 Å². The van der Waals surface area contributed by atoms with E-state index in [1.54, 1.807) is 0 Å². The minimum absolute atomic E-state index is 0.0344. The van der Waals surface area contributed by atoms with Crippen molar-refractivity contribution in [3.8, 4) is 11.5 Å². The zero-order valence-electron chi connectivity index (χ0n) is 15.9. The summed E-state index contributed by atoms with van der Waals surface area (Å²) in [5, 5.41) is 0.379. The van der Waals surface area contributed by atoms with Crippen LogP contribution in [0.2, 0.25) is 5.02 Å². The number of nitrogens with one attached hydrogen (secondary N) is 3. The molecular weight excluding hydrogens is 422 g/mol. The molecule has 0 saturated carbocycles. The van der Waals surface area contributed by atoms with Crippen molar-refractivity contribution in [3.05, 3.63) is 53.1 Å². The van der Waals surface area contributed by atoms with E-state index < -0.39 is 27.9 Å². The van der Waals surface area contributed by atoms with Gasteiger partial charge in [0.15, 0.2) is 0 Å². The Morgan fingerprint density at radius 2 is 1.66 bits per heavy atom. The van der Waals surface area contributed by atoms with Gasteiger partial charge in [-0.15, -0.1) is 0 Å². The maximum atomic E-state index is 12.4. The monoisotopic (exact) mass is 441 g/mol. The Bertz CT molecular complexity index is 995. The average Bonchev–Trinajstić information content (AvgIpc) is 2.71. The molecule has 0 radical (unpaired) electrons. The number of hydrogen-bond acceptors (Lipinski definition) is 6. The summed E-state index contributed by atoms with van der Waals surface area (Å²) in [4.78, 5) is 24.4. The molecule has 2 aromatic carbocycles. The number of carbonyl (C=O) groups excluding carboxylic acids is 2. The van der Waals surface area contributed by atoms with E-state index in [1.807, 2.05) is 0 Å². The van der Waals surface area contributed by atoms with Crippen molar-refractivity contribution < 1.29 is 27.5 Å². The maximum Gasteiger partial charge on any atom is 0.273 e. The Balaban J connectivity index is 1.98. The largest absolute Gasteiger partial charge is 0.497 e. The molecule has 0 aromatic heterocycles. The second kappa shape index (κ2) is 9.59. The SMILES string of the molecule is COc1ccc(S(=O)(=O)N[C@@H](C)C(=O)NNC(=O)c2ccc(Cl)cc2OC)cc1. The standard InChI is InChI=1S/C18H20ClN3O6S/c1-11(22-29(25,26)14-7-5-13(27-2)6-8-14)17(23)20-21-18(24)15-9-4-12(19)10-16(15)28-3/h4-11,22H,1-3H3,(H,20,23)(H,21,24)/t11-/m0/s1. The Hall–Kier alpha value is -2.82. The normalized spacial score (nSPS) is 12.0. The molecule has 0 saturated heterocycles. The molecule has 0 heterocycles. The third kappa shape index (κ3) is 5.83. The summed E-state index contributed by atoms with van der Waals surface area (Å²) in [5.41, 5.74) is 4.51. The van der Waals surface area contributed by atoms with Gasteiger partial charge in [-0.05, 0) is 49.4 Å². The molecular formula is C18H20ClN3O6S. The topological polar surface area (TPSA) is 123 Å². The van der Waals surface area contributed by atoms with Crippen LogP contribution in [-0.4, -0.2) is 40.5 Å². The van der Waals surface area contributed by atoms with E-state index in [4.69, 9.17) is 21.1 Å². The second-order valence-corrected chi connectivity index (χ2v) is 7.96.